The van der Waals surface area contributed by atoms with Gasteiger partial charge < -0.3 is 10.1 Å². The van der Waals surface area contributed by atoms with Crippen LogP contribution in [-0.2, 0) is 4.79 Å². The van der Waals surface area contributed by atoms with Crippen LogP contribution in [0.5, 0.6) is 5.75 Å². The molecule has 0 saturated carbocycles. The van der Waals surface area contributed by atoms with Crippen LogP contribution in [0, 0.1) is 6.92 Å². The molecule has 0 fully saturated rings. The lowest BCUT2D eigenvalue weighted by Crippen LogP contribution is -2.11. The minimum absolute atomic E-state index is 0.277. The molecule has 0 spiro atoms. The normalized spacial score (nSPS) is 10.6. The Morgan fingerprint density at radius 2 is 1.75 bits per heavy atom. The molecular formula is C21H19N3O3S. The second-order valence-electron chi connectivity index (χ2n) is 5.85. The molecule has 0 radical (unpaired) electrons. The molecule has 1 aromatic heterocycles. The SMILES string of the molecule is COc1ccc(NC(=O)c2sc(NC(=O)C=Cc3ccccc3)nc2C)cc1. The summed E-state index contributed by atoms with van der Waals surface area (Å²) in [4.78, 5) is 29.3. The van der Waals surface area contributed by atoms with Gasteiger partial charge in [-0.05, 0) is 42.8 Å². The standard InChI is InChI=1S/C21H19N3O3S/c1-14-19(20(26)23-16-9-11-17(27-2)12-10-16)28-21(22-14)24-18(25)13-8-15-6-4-3-5-7-15/h3-13H,1-2H3,(H,23,26)(H,22,24,25). The highest BCUT2D eigenvalue weighted by Gasteiger charge is 2.16. The minimum atomic E-state index is -0.306. The molecule has 0 atom stereocenters. The van der Waals surface area contributed by atoms with Crippen molar-refractivity contribution in [3.63, 3.8) is 0 Å². The topological polar surface area (TPSA) is 80.3 Å². The quantitative estimate of drug-likeness (QED) is 0.610. The molecule has 6 nitrogen and oxygen atoms in total. The van der Waals surface area contributed by atoms with Gasteiger partial charge in [0.15, 0.2) is 5.13 Å². The first-order valence-electron chi connectivity index (χ1n) is 8.52. The van der Waals surface area contributed by atoms with Crippen LogP contribution in [0.1, 0.15) is 20.9 Å². The third-order valence-corrected chi connectivity index (χ3v) is 4.88. The van der Waals surface area contributed by atoms with E-state index in [0.717, 1.165) is 16.9 Å². The minimum Gasteiger partial charge on any atom is -0.497 e. The van der Waals surface area contributed by atoms with Crippen molar-refractivity contribution >= 4 is 40.0 Å². The Kier molecular flexibility index (Phi) is 6.18. The zero-order chi connectivity index (χ0) is 19.9. The first-order chi connectivity index (χ1) is 13.5. The molecule has 1 heterocycles. The maximum absolute atomic E-state index is 12.5. The molecule has 2 aromatic carbocycles. The van der Waals surface area contributed by atoms with Gasteiger partial charge in [0.05, 0.1) is 12.8 Å². The Hall–Kier alpha value is -3.45. The lowest BCUT2D eigenvalue weighted by Gasteiger charge is -2.05. The number of nitrogens with zero attached hydrogens (tertiary/aromatic N) is 1. The predicted octanol–water partition coefficient (Wildman–Crippen LogP) is 4.36. The Morgan fingerprint density at radius 1 is 1.04 bits per heavy atom. The van der Waals surface area contributed by atoms with E-state index in [1.165, 1.54) is 6.08 Å². The molecule has 0 aliphatic heterocycles. The maximum atomic E-state index is 12.5. The molecule has 2 amide bonds. The number of thiazole rings is 1. The Bertz CT molecular complexity index is 995. The fourth-order valence-corrected chi connectivity index (χ4v) is 3.27. The fourth-order valence-electron chi connectivity index (χ4n) is 2.41. The Balaban J connectivity index is 1.64. The van der Waals surface area contributed by atoms with E-state index in [4.69, 9.17) is 4.74 Å². The molecule has 0 bridgehead atoms. The van der Waals surface area contributed by atoms with Crippen molar-refractivity contribution in [3.8, 4) is 5.75 Å². The second kappa shape index (κ2) is 8.96. The van der Waals surface area contributed by atoms with E-state index in [1.54, 1.807) is 44.4 Å². The lowest BCUT2D eigenvalue weighted by molar-refractivity contribution is -0.111. The molecule has 3 rings (SSSR count). The van der Waals surface area contributed by atoms with Crippen molar-refractivity contribution in [1.82, 2.24) is 4.98 Å². The number of carbonyl (C=O) groups is 2. The summed E-state index contributed by atoms with van der Waals surface area (Å²) in [5.41, 5.74) is 2.13. The van der Waals surface area contributed by atoms with Gasteiger partial charge in [0, 0.05) is 11.8 Å². The zero-order valence-corrected chi connectivity index (χ0v) is 16.2. The molecule has 7 heteroatoms. The van der Waals surface area contributed by atoms with Crippen LogP contribution in [0.4, 0.5) is 10.8 Å². The number of aryl methyl sites for hydroxylation is 1. The monoisotopic (exact) mass is 393 g/mol. The number of hydrogen-bond acceptors (Lipinski definition) is 5. The summed E-state index contributed by atoms with van der Waals surface area (Å²) in [6.07, 6.45) is 3.15. The van der Waals surface area contributed by atoms with Gasteiger partial charge in [0.2, 0.25) is 5.91 Å². The van der Waals surface area contributed by atoms with Gasteiger partial charge in [-0.3, -0.25) is 14.9 Å². The average molecular weight is 393 g/mol. The van der Waals surface area contributed by atoms with Gasteiger partial charge in [-0.2, -0.15) is 0 Å². The van der Waals surface area contributed by atoms with Crippen molar-refractivity contribution in [2.75, 3.05) is 17.7 Å². The van der Waals surface area contributed by atoms with Crippen LogP contribution in [-0.4, -0.2) is 23.9 Å². The van der Waals surface area contributed by atoms with Crippen LogP contribution >= 0.6 is 11.3 Å². The van der Waals surface area contributed by atoms with E-state index in [0.29, 0.717) is 27.1 Å². The molecule has 2 N–H and O–H groups in total. The molecule has 0 aliphatic carbocycles. The first kappa shape index (κ1) is 19.3. The smallest absolute Gasteiger partial charge is 0.267 e. The maximum Gasteiger partial charge on any atom is 0.267 e. The van der Waals surface area contributed by atoms with E-state index >= 15 is 0 Å². The number of hydrogen-bond donors (Lipinski definition) is 2. The van der Waals surface area contributed by atoms with Crippen LogP contribution < -0.4 is 15.4 Å². The summed E-state index contributed by atoms with van der Waals surface area (Å²) in [5.74, 6) is 0.126. The van der Waals surface area contributed by atoms with Crippen LogP contribution in [0.15, 0.2) is 60.7 Å². The van der Waals surface area contributed by atoms with Gasteiger partial charge in [-0.15, -0.1) is 0 Å². The average Bonchev–Trinajstić information content (AvgIpc) is 3.08. The van der Waals surface area contributed by atoms with Crippen LogP contribution in [0.25, 0.3) is 6.08 Å². The van der Waals surface area contributed by atoms with Gasteiger partial charge in [0.1, 0.15) is 10.6 Å². The highest BCUT2D eigenvalue weighted by atomic mass is 32.1. The van der Waals surface area contributed by atoms with Crippen molar-refractivity contribution in [1.29, 1.82) is 0 Å². The fraction of sp³-hybridized carbons (Fsp3) is 0.0952. The van der Waals surface area contributed by atoms with Crippen molar-refractivity contribution in [2.45, 2.75) is 6.92 Å². The summed E-state index contributed by atoms with van der Waals surface area (Å²) < 4.78 is 5.10. The molecule has 3 aromatic rings. The van der Waals surface area contributed by atoms with Crippen molar-refractivity contribution in [2.24, 2.45) is 0 Å². The number of ether oxygens (including phenoxy) is 1. The number of nitrogens with one attached hydrogen (secondary N) is 2. The summed E-state index contributed by atoms with van der Waals surface area (Å²) in [5, 5.41) is 5.88. The van der Waals surface area contributed by atoms with E-state index in [2.05, 4.69) is 15.6 Å². The summed E-state index contributed by atoms with van der Waals surface area (Å²) in [6.45, 7) is 1.73. The largest absolute Gasteiger partial charge is 0.497 e. The molecule has 142 valence electrons. The zero-order valence-electron chi connectivity index (χ0n) is 15.4. The number of rotatable bonds is 6. The molecule has 0 aliphatic rings. The van der Waals surface area contributed by atoms with Gasteiger partial charge in [-0.25, -0.2) is 4.98 Å². The number of aromatic nitrogens is 1. The summed E-state index contributed by atoms with van der Waals surface area (Å²) in [7, 11) is 1.58. The van der Waals surface area contributed by atoms with Crippen molar-refractivity contribution in [3.05, 3.63) is 76.8 Å². The van der Waals surface area contributed by atoms with Crippen LogP contribution in [0.2, 0.25) is 0 Å². The number of anilines is 2. The highest BCUT2D eigenvalue weighted by molar-refractivity contribution is 7.17. The van der Waals surface area contributed by atoms with Gasteiger partial charge in [-0.1, -0.05) is 41.7 Å². The van der Waals surface area contributed by atoms with E-state index in [-0.39, 0.29) is 11.8 Å². The molecule has 0 unspecified atom stereocenters. The van der Waals surface area contributed by atoms with E-state index in [9.17, 15) is 9.59 Å². The molecule has 0 saturated heterocycles. The Labute approximate surface area is 166 Å². The van der Waals surface area contributed by atoms with E-state index < -0.39 is 0 Å². The third kappa shape index (κ3) is 5.05. The summed E-state index contributed by atoms with van der Waals surface area (Å²) >= 11 is 1.13. The number of amides is 2. The number of methoxy groups -OCH3 is 1. The highest BCUT2D eigenvalue weighted by Crippen LogP contribution is 2.24. The number of carbonyl (C=O) groups excluding carboxylic acids is 2. The van der Waals surface area contributed by atoms with Gasteiger partial charge >= 0.3 is 0 Å². The Morgan fingerprint density at radius 3 is 2.43 bits per heavy atom. The predicted molar refractivity (Wildman–Crippen MR) is 112 cm³/mol. The second-order valence-corrected chi connectivity index (χ2v) is 6.85. The van der Waals surface area contributed by atoms with Gasteiger partial charge in [0.25, 0.3) is 5.91 Å². The lowest BCUT2D eigenvalue weighted by atomic mass is 10.2. The summed E-state index contributed by atoms with van der Waals surface area (Å²) in [6, 6.07) is 16.5. The molecular weight excluding hydrogens is 374 g/mol. The number of benzene rings is 2. The van der Waals surface area contributed by atoms with Crippen molar-refractivity contribution < 1.29 is 14.3 Å². The molecule has 28 heavy (non-hydrogen) atoms. The first-order valence-corrected chi connectivity index (χ1v) is 9.34. The van der Waals surface area contributed by atoms with E-state index in [1.807, 2.05) is 30.3 Å². The third-order valence-electron chi connectivity index (χ3n) is 3.81. The van der Waals surface area contributed by atoms with Crippen LogP contribution in [0.3, 0.4) is 0 Å².